The van der Waals surface area contributed by atoms with Crippen molar-refractivity contribution in [2.24, 2.45) is 11.8 Å². The molecule has 0 bridgehead atoms. The van der Waals surface area contributed by atoms with Gasteiger partial charge in [0.05, 0.1) is 30.3 Å². The minimum absolute atomic E-state index is 0. The molecule has 2 amide bonds. The first kappa shape index (κ1) is 61.0. The average molecular weight is 1060 g/mol. The molecule has 31 heteroatoms. The number of carbonyl (C=O) groups is 2. The Morgan fingerprint density at radius 1 is 0.767 bits per heavy atom. The molecular formula is C42H55B5ClN10O13S2-2. The number of nitrogens with zero attached hydrogens (tertiary/aromatic N) is 6. The van der Waals surface area contributed by atoms with E-state index in [1.54, 1.807) is 62.8 Å². The molecule has 5 N–H and O–H groups in total. The van der Waals surface area contributed by atoms with Crippen molar-refractivity contribution >= 4 is 117 Å². The summed E-state index contributed by atoms with van der Waals surface area (Å²) in [6.07, 6.45) is 0.176. The quantitative estimate of drug-likeness (QED) is 0.104. The first-order chi connectivity index (χ1) is 33.8. The number of aryl methyl sites for hydroxylation is 1. The van der Waals surface area contributed by atoms with E-state index in [2.05, 4.69) is 71.5 Å². The van der Waals surface area contributed by atoms with Gasteiger partial charge in [0.25, 0.3) is 20.2 Å². The van der Waals surface area contributed by atoms with Crippen molar-refractivity contribution in [3.8, 4) is 0 Å². The van der Waals surface area contributed by atoms with E-state index in [4.69, 9.17) is 39.1 Å². The molecule has 9 radical (unpaired) electrons. The van der Waals surface area contributed by atoms with Crippen molar-refractivity contribution < 1.29 is 51.5 Å². The maximum Gasteiger partial charge on any atom is 0.280 e. The molecule has 23 nitrogen and oxygen atoms in total. The molecule has 9 rings (SSSR count). The highest BCUT2D eigenvalue weighted by Crippen LogP contribution is 2.45. The Morgan fingerprint density at radius 3 is 1.49 bits per heavy atom. The van der Waals surface area contributed by atoms with Crippen LogP contribution in [-0.4, -0.2) is 157 Å². The van der Waals surface area contributed by atoms with Crippen LogP contribution >= 0.6 is 10.7 Å². The molecule has 4 saturated heterocycles. The number of aliphatic hydroxyl groups is 1. The molecule has 0 saturated carbocycles. The van der Waals surface area contributed by atoms with Gasteiger partial charge in [-0.25, -0.2) is 18.4 Å². The van der Waals surface area contributed by atoms with Crippen molar-refractivity contribution in [2.75, 3.05) is 17.2 Å². The van der Waals surface area contributed by atoms with E-state index in [9.17, 15) is 32.7 Å². The molecule has 0 spiro atoms. The van der Waals surface area contributed by atoms with E-state index in [0.717, 1.165) is 19.0 Å². The van der Waals surface area contributed by atoms with Gasteiger partial charge in [-0.3, -0.25) is 48.9 Å². The van der Waals surface area contributed by atoms with Gasteiger partial charge in [-0.2, -0.15) is 9.97 Å². The summed E-state index contributed by atoms with van der Waals surface area (Å²) >= 11 is 0. The van der Waals surface area contributed by atoms with Crippen LogP contribution in [0.5, 0.6) is 0 Å². The number of aromatic nitrogens is 8. The highest BCUT2D eigenvalue weighted by atomic mass is 35.7. The zero-order valence-electron chi connectivity index (χ0n) is 41.8. The molecule has 4 aliphatic heterocycles. The number of aliphatic hydroxyl groups excluding tert-OH is 1. The number of imidazole rings is 2. The Hall–Kier alpha value is -4.51. The summed E-state index contributed by atoms with van der Waals surface area (Å²) in [7, 11) is 19.5. The second-order valence-corrected chi connectivity index (χ2v) is 20.6. The molecule has 0 aliphatic carbocycles. The second kappa shape index (κ2) is 25.4. The number of carbonyl (C=O) groups excluding carboxylic acids is 2. The molecule has 4 aromatic heterocycles. The summed E-state index contributed by atoms with van der Waals surface area (Å²) in [4.78, 5) is 71.0. The lowest BCUT2D eigenvalue weighted by atomic mass is 9.40. The first-order valence-corrected chi connectivity index (χ1v) is 24.9. The van der Waals surface area contributed by atoms with Crippen LogP contribution in [0.4, 0.5) is 11.9 Å². The van der Waals surface area contributed by atoms with Gasteiger partial charge in [-0.15, -0.1) is 0 Å². The summed E-state index contributed by atoms with van der Waals surface area (Å²) in [5, 5.41) is 14.8. The number of fused-ring (bicyclic) bond motifs is 4. The Bertz CT molecular complexity index is 2760. The Balaban J connectivity index is 0.000000243. The average Bonchev–Trinajstić information content (AvgIpc) is 4.16. The third-order valence-electron chi connectivity index (χ3n) is 11.1. The number of amides is 2. The number of anilines is 2. The highest BCUT2D eigenvalue weighted by molar-refractivity contribution is 8.13. The fraction of sp³-hybridized carbons (Fsp3) is 0.571. The van der Waals surface area contributed by atoms with Crippen LogP contribution in [0.15, 0.2) is 51.4 Å². The molecule has 5 aromatic rings. The fourth-order valence-corrected chi connectivity index (χ4v) is 8.58. The molecule has 2 unspecified atom stereocenters. The van der Waals surface area contributed by atoms with Gasteiger partial charge < -0.3 is 47.0 Å². The van der Waals surface area contributed by atoms with Crippen LogP contribution in [0.1, 0.15) is 86.8 Å². The summed E-state index contributed by atoms with van der Waals surface area (Å²) in [5.74, 6) is -2.50. The number of benzene rings is 1. The van der Waals surface area contributed by atoms with Crippen molar-refractivity contribution in [2.45, 2.75) is 141 Å². The lowest BCUT2D eigenvalue weighted by molar-refractivity contribution is -0.199. The van der Waals surface area contributed by atoms with Gasteiger partial charge in [0.1, 0.15) is 30.5 Å². The summed E-state index contributed by atoms with van der Waals surface area (Å²) in [6, 6.07) is 6.37. The number of aromatic amines is 2. The molecule has 1 aromatic carbocycles. The first-order valence-electron chi connectivity index (χ1n) is 22.6. The van der Waals surface area contributed by atoms with E-state index in [1.807, 2.05) is 27.7 Å². The number of nitrogens with one attached hydrogen (secondary N) is 4. The Labute approximate surface area is 439 Å². The topological polar surface area (TPSA) is 295 Å². The predicted octanol–water partition coefficient (Wildman–Crippen LogP) is 1.68. The Morgan fingerprint density at radius 2 is 1.14 bits per heavy atom. The van der Waals surface area contributed by atoms with Crippen LogP contribution in [0.2, 0.25) is 0 Å². The van der Waals surface area contributed by atoms with Crippen molar-refractivity contribution in [3.63, 3.8) is 0 Å². The van der Waals surface area contributed by atoms with E-state index in [-0.39, 0.29) is 95.5 Å². The number of H-pyrrole nitrogens is 2. The maximum absolute atomic E-state index is 12.4. The lowest BCUT2D eigenvalue weighted by Crippen LogP contribution is -2.31. The van der Waals surface area contributed by atoms with Crippen LogP contribution in [-0.2, 0) is 60.6 Å². The highest BCUT2D eigenvalue weighted by Gasteiger charge is 2.57. The van der Waals surface area contributed by atoms with Gasteiger partial charge in [0.2, 0.25) is 23.7 Å². The number of rotatable bonds is 9. The summed E-state index contributed by atoms with van der Waals surface area (Å²) in [6.45, 7) is 17.9. The molecule has 4 aliphatic rings. The molecule has 8 atom stereocenters. The minimum atomic E-state index is -3.55. The van der Waals surface area contributed by atoms with Gasteiger partial charge in [0.15, 0.2) is 46.4 Å². The maximum atomic E-state index is 12.4. The summed E-state index contributed by atoms with van der Waals surface area (Å²) < 4.78 is 60.6. The third kappa shape index (κ3) is 14.5. The fourth-order valence-electron chi connectivity index (χ4n) is 7.81. The van der Waals surface area contributed by atoms with E-state index in [0.29, 0.717) is 5.65 Å². The van der Waals surface area contributed by atoms with Gasteiger partial charge >= 0.3 is 0 Å². The number of ether oxygens (including phenoxy) is 6. The van der Waals surface area contributed by atoms with Gasteiger partial charge in [-0.05, 0) is 53.2 Å². The van der Waals surface area contributed by atoms with Crippen molar-refractivity contribution in [1.29, 1.82) is 0 Å². The van der Waals surface area contributed by atoms with Crippen LogP contribution in [0.25, 0.3) is 22.3 Å². The standard InChI is InChI=1S/C18H25N5O5.C17H23N5O6.C7H7ClO2S.B3.B2.S/c1-6-9-11-12(28-18(4,5)27-11)16(26-9)23-7-19-10-13(23)20-17(22-15(10)25)21-14(24)8(2)3;1-7(2)13(24)20-16-19-12-9(14(25)21-16)18-6-22(12)15-11-10(8(5-23)26-15)27-17(3,4)28-11;1-6-2-4-7(5-3-6)11(8,9)10;1-3-2;1-2;/h7-9,11-12,16H,6H2,1-5H3,(H2,20,21,22,24,25);6-8,10-11,15,23H,5H2,1-4H3,(H2,19,20,21,24,25);2-5H,1H3;;;/q;;;;;-2/t9-,11?,12+,16-;8-,10?,11+,15-;;;;/m11..../s1. The molecule has 8 heterocycles. The molecule has 73 heavy (non-hydrogen) atoms. The normalized spacial score (nSPS) is 24.0. The minimum Gasteiger partial charge on any atom is -2.00 e. The molecule has 4 fully saturated rings. The molecule has 387 valence electrons. The van der Waals surface area contributed by atoms with Gasteiger partial charge in [0, 0.05) is 60.5 Å². The zero-order chi connectivity index (χ0) is 53.6. The lowest BCUT2D eigenvalue weighted by Gasteiger charge is -2.24. The largest absolute Gasteiger partial charge is 2.00 e. The monoisotopic (exact) mass is 1060 g/mol. The number of hydrogen-bond donors (Lipinski definition) is 5. The van der Waals surface area contributed by atoms with Crippen LogP contribution < -0.4 is 21.8 Å². The van der Waals surface area contributed by atoms with Crippen molar-refractivity contribution in [1.82, 2.24) is 39.0 Å². The SMILES string of the molecule is CC(C)C(=O)Nc1nc2c(ncn2[C@@H]2O[C@H](CO)C3OC(C)(C)O[C@@H]32)c(=O)[nH]1.CC[C@H]1O[C@@H](n2cnc3c(=O)[nH]c(NC(=O)C(C)C)nc32)[C@H]2OC(C)(C)OC12.Cc1ccc(S(=O)(=O)Cl)cc1.[B][B].[B][B][B].[S-2]. The zero-order valence-corrected chi connectivity index (χ0v) is 44.2. The van der Waals surface area contributed by atoms with Crippen LogP contribution in [0.3, 0.4) is 0 Å². The number of hydrogen-bond acceptors (Lipinski definition) is 17. The Kier molecular flexibility index (Phi) is 21.2. The predicted molar refractivity (Wildman–Crippen MR) is 276 cm³/mol. The van der Waals surface area contributed by atoms with Gasteiger partial charge in [-0.1, -0.05) is 52.3 Å². The smallest absolute Gasteiger partial charge is 0.280 e. The number of halogens is 1. The third-order valence-corrected chi connectivity index (χ3v) is 12.5. The summed E-state index contributed by atoms with van der Waals surface area (Å²) in [5.41, 5.74) is 0.909. The molecular weight excluding hydrogens is 1010 g/mol. The van der Waals surface area contributed by atoms with E-state index >= 15 is 0 Å². The van der Waals surface area contributed by atoms with Crippen molar-refractivity contribution in [3.05, 3.63) is 63.2 Å². The van der Waals surface area contributed by atoms with E-state index < -0.39 is 62.5 Å². The second-order valence-electron chi connectivity index (χ2n) is 18.1. The van der Waals surface area contributed by atoms with Crippen LogP contribution in [0, 0.1) is 18.8 Å². The van der Waals surface area contributed by atoms with E-state index in [1.165, 1.54) is 24.8 Å².